The summed E-state index contributed by atoms with van der Waals surface area (Å²) in [6.45, 7) is 2.13. The standard InChI is InChI=1S/C13H16Cl2F2/c1-2-3-4-5-6-10(14)9-7-12(16)13(17)8-11(9)15/h7-8,10H,2-6H2,1H3. The van der Waals surface area contributed by atoms with Gasteiger partial charge in [-0.05, 0) is 24.1 Å². The van der Waals surface area contributed by atoms with Crippen LogP contribution in [-0.4, -0.2) is 0 Å². The number of benzene rings is 1. The van der Waals surface area contributed by atoms with Gasteiger partial charge in [-0.25, -0.2) is 8.78 Å². The van der Waals surface area contributed by atoms with Gasteiger partial charge in [-0.2, -0.15) is 0 Å². The summed E-state index contributed by atoms with van der Waals surface area (Å²) in [5.41, 5.74) is 0.476. The zero-order valence-electron chi connectivity index (χ0n) is 9.78. The number of halogens is 4. The fourth-order valence-corrected chi connectivity index (χ4v) is 2.36. The van der Waals surface area contributed by atoms with Crippen molar-refractivity contribution in [2.24, 2.45) is 0 Å². The molecule has 0 aliphatic heterocycles. The van der Waals surface area contributed by atoms with Gasteiger partial charge in [0.05, 0.1) is 5.38 Å². The van der Waals surface area contributed by atoms with Crippen molar-refractivity contribution in [3.8, 4) is 0 Å². The largest absolute Gasteiger partial charge is 0.204 e. The lowest BCUT2D eigenvalue weighted by Crippen LogP contribution is -1.96. The maximum Gasteiger partial charge on any atom is 0.160 e. The molecule has 1 aromatic carbocycles. The maximum absolute atomic E-state index is 13.1. The molecule has 0 nitrogen and oxygen atoms in total. The smallest absolute Gasteiger partial charge is 0.160 e. The van der Waals surface area contributed by atoms with Crippen molar-refractivity contribution in [2.45, 2.75) is 44.4 Å². The fourth-order valence-electron chi connectivity index (χ4n) is 1.68. The van der Waals surface area contributed by atoms with E-state index in [0.29, 0.717) is 5.56 Å². The third-order valence-corrected chi connectivity index (χ3v) is 3.47. The monoisotopic (exact) mass is 280 g/mol. The highest BCUT2D eigenvalue weighted by atomic mass is 35.5. The van der Waals surface area contributed by atoms with Gasteiger partial charge in [0.2, 0.25) is 0 Å². The summed E-state index contributed by atoms with van der Waals surface area (Å²) in [7, 11) is 0. The van der Waals surface area contributed by atoms with Crippen LogP contribution in [0.25, 0.3) is 0 Å². The molecule has 0 spiro atoms. The van der Waals surface area contributed by atoms with E-state index in [2.05, 4.69) is 6.92 Å². The number of rotatable bonds is 6. The summed E-state index contributed by atoms with van der Waals surface area (Å²) >= 11 is 12.0. The topological polar surface area (TPSA) is 0 Å². The molecule has 0 saturated heterocycles. The minimum atomic E-state index is -0.936. The lowest BCUT2D eigenvalue weighted by molar-refractivity contribution is 0.506. The summed E-state index contributed by atoms with van der Waals surface area (Å²) < 4.78 is 25.9. The van der Waals surface area contributed by atoms with Crippen LogP contribution in [0.15, 0.2) is 12.1 Å². The Morgan fingerprint density at radius 1 is 1.12 bits per heavy atom. The molecule has 0 saturated carbocycles. The third-order valence-electron chi connectivity index (χ3n) is 2.69. The molecule has 0 amide bonds. The van der Waals surface area contributed by atoms with Gasteiger partial charge in [-0.3, -0.25) is 0 Å². The molecular formula is C13H16Cl2F2. The van der Waals surface area contributed by atoms with E-state index in [9.17, 15) is 8.78 Å². The van der Waals surface area contributed by atoms with E-state index in [-0.39, 0.29) is 10.4 Å². The molecule has 0 radical (unpaired) electrons. The Labute approximate surface area is 111 Å². The van der Waals surface area contributed by atoms with Crippen molar-refractivity contribution >= 4 is 23.2 Å². The van der Waals surface area contributed by atoms with Gasteiger partial charge in [0.25, 0.3) is 0 Å². The Balaban J connectivity index is 2.62. The van der Waals surface area contributed by atoms with E-state index < -0.39 is 11.6 Å². The summed E-state index contributed by atoms with van der Waals surface area (Å²) in [5.74, 6) is -1.84. The average Bonchev–Trinajstić information content (AvgIpc) is 2.29. The molecule has 0 aliphatic carbocycles. The first-order valence-electron chi connectivity index (χ1n) is 5.84. The highest BCUT2D eigenvalue weighted by molar-refractivity contribution is 6.32. The van der Waals surface area contributed by atoms with Crippen LogP contribution >= 0.6 is 23.2 Å². The minimum absolute atomic E-state index is 0.194. The Bertz CT molecular complexity index is 367. The van der Waals surface area contributed by atoms with Crippen LogP contribution in [0.1, 0.15) is 50.0 Å². The van der Waals surface area contributed by atoms with E-state index in [4.69, 9.17) is 23.2 Å². The number of alkyl halides is 1. The Hall–Kier alpha value is -0.340. The molecule has 0 bridgehead atoms. The van der Waals surface area contributed by atoms with Crippen LogP contribution in [0.3, 0.4) is 0 Å². The van der Waals surface area contributed by atoms with Gasteiger partial charge < -0.3 is 0 Å². The molecule has 0 aromatic heterocycles. The van der Waals surface area contributed by atoms with Crippen LogP contribution in [0.4, 0.5) is 8.78 Å². The zero-order chi connectivity index (χ0) is 12.8. The van der Waals surface area contributed by atoms with Gasteiger partial charge in [0.1, 0.15) is 0 Å². The summed E-state index contributed by atoms with van der Waals surface area (Å²) in [6, 6.07) is 2.07. The van der Waals surface area contributed by atoms with Gasteiger partial charge in [-0.1, -0.05) is 44.2 Å². The van der Waals surface area contributed by atoms with E-state index in [1.807, 2.05) is 0 Å². The van der Waals surface area contributed by atoms with Crippen molar-refractivity contribution in [2.75, 3.05) is 0 Å². The van der Waals surface area contributed by atoms with E-state index in [1.165, 1.54) is 0 Å². The maximum atomic E-state index is 13.1. The first-order valence-corrected chi connectivity index (χ1v) is 6.66. The number of hydrogen-bond acceptors (Lipinski definition) is 0. The molecule has 0 N–H and O–H groups in total. The lowest BCUT2D eigenvalue weighted by Gasteiger charge is -2.12. The average molecular weight is 281 g/mol. The van der Waals surface area contributed by atoms with E-state index >= 15 is 0 Å². The molecular weight excluding hydrogens is 265 g/mol. The number of hydrogen-bond donors (Lipinski definition) is 0. The third kappa shape index (κ3) is 4.44. The Kier molecular flexibility index (Phi) is 6.21. The Morgan fingerprint density at radius 2 is 1.76 bits per heavy atom. The van der Waals surface area contributed by atoms with Crippen LogP contribution in [0.2, 0.25) is 5.02 Å². The molecule has 0 aliphatic rings. The molecule has 1 unspecified atom stereocenters. The first kappa shape index (κ1) is 14.7. The molecule has 4 heteroatoms. The number of unbranched alkanes of at least 4 members (excludes halogenated alkanes) is 3. The van der Waals surface area contributed by atoms with E-state index in [1.54, 1.807) is 0 Å². The molecule has 0 fully saturated rings. The van der Waals surface area contributed by atoms with Gasteiger partial charge in [0.15, 0.2) is 11.6 Å². The second-order valence-corrected chi connectivity index (χ2v) is 5.04. The normalized spacial score (nSPS) is 12.8. The summed E-state index contributed by atoms with van der Waals surface area (Å²) in [6.07, 6.45) is 5.11. The molecule has 1 aromatic rings. The van der Waals surface area contributed by atoms with Crippen LogP contribution in [0, 0.1) is 11.6 Å². The molecule has 1 rings (SSSR count). The van der Waals surface area contributed by atoms with Crippen LogP contribution in [-0.2, 0) is 0 Å². The van der Waals surface area contributed by atoms with Crippen molar-refractivity contribution in [1.29, 1.82) is 0 Å². The molecule has 96 valence electrons. The highest BCUT2D eigenvalue weighted by Crippen LogP contribution is 2.33. The molecule has 17 heavy (non-hydrogen) atoms. The minimum Gasteiger partial charge on any atom is -0.204 e. The predicted molar refractivity (Wildman–Crippen MR) is 68.7 cm³/mol. The van der Waals surface area contributed by atoms with Gasteiger partial charge in [-0.15, -0.1) is 11.6 Å². The summed E-state index contributed by atoms with van der Waals surface area (Å²) in [5, 5.41) is -0.158. The van der Waals surface area contributed by atoms with Crippen molar-refractivity contribution < 1.29 is 8.78 Å². The fraction of sp³-hybridized carbons (Fsp3) is 0.538. The predicted octanol–water partition coefficient (Wildman–Crippen LogP) is 5.87. The molecule has 1 atom stereocenters. The SMILES string of the molecule is CCCCCCC(Cl)c1cc(F)c(F)cc1Cl. The van der Waals surface area contributed by atoms with Crippen molar-refractivity contribution in [1.82, 2.24) is 0 Å². The van der Waals surface area contributed by atoms with Gasteiger partial charge >= 0.3 is 0 Å². The lowest BCUT2D eigenvalue weighted by atomic mass is 10.0. The molecule has 0 heterocycles. The first-order chi connectivity index (χ1) is 8.06. The summed E-state index contributed by atoms with van der Waals surface area (Å²) in [4.78, 5) is 0. The van der Waals surface area contributed by atoms with Crippen molar-refractivity contribution in [3.05, 3.63) is 34.4 Å². The highest BCUT2D eigenvalue weighted by Gasteiger charge is 2.15. The van der Waals surface area contributed by atoms with Crippen molar-refractivity contribution in [3.63, 3.8) is 0 Å². The second-order valence-electron chi connectivity index (χ2n) is 4.10. The van der Waals surface area contributed by atoms with E-state index in [0.717, 1.165) is 44.2 Å². The van der Waals surface area contributed by atoms with Crippen LogP contribution in [0.5, 0.6) is 0 Å². The Morgan fingerprint density at radius 3 is 2.41 bits per heavy atom. The quantitative estimate of drug-likeness (QED) is 0.347. The van der Waals surface area contributed by atoms with Gasteiger partial charge in [0, 0.05) is 5.02 Å². The zero-order valence-corrected chi connectivity index (χ0v) is 11.3. The second kappa shape index (κ2) is 7.17. The van der Waals surface area contributed by atoms with Crippen LogP contribution < -0.4 is 0 Å².